The molecule has 0 bridgehead atoms. The van der Waals surface area contributed by atoms with Gasteiger partial charge in [0.05, 0.1) is 13.2 Å². The van der Waals surface area contributed by atoms with Gasteiger partial charge in [-0.15, -0.1) is 0 Å². The summed E-state index contributed by atoms with van der Waals surface area (Å²) in [6, 6.07) is 8.11. The van der Waals surface area contributed by atoms with Gasteiger partial charge in [-0.05, 0) is 31.0 Å². The number of unbranched alkanes of at least 4 members (excludes halogenated alkanes) is 1. The van der Waals surface area contributed by atoms with Crippen molar-refractivity contribution in [2.45, 2.75) is 33.3 Å². The third kappa shape index (κ3) is 4.84. The Hall–Kier alpha value is -1.02. The van der Waals surface area contributed by atoms with Gasteiger partial charge in [0.2, 0.25) is 0 Å². The molecule has 0 aliphatic heterocycles. The van der Waals surface area contributed by atoms with E-state index >= 15 is 0 Å². The molecule has 0 atom stereocenters. The number of ether oxygens (including phenoxy) is 2. The average Bonchev–Trinajstić information content (AvgIpc) is 2.28. The summed E-state index contributed by atoms with van der Waals surface area (Å²) in [6.45, 7) is 6.42. The molecule has 84 valence electrons. The SMILES string of the molecule is CCCCOc1ccc(COCC)cc1. The molecule has 0 aliphatic carbocycles. The summed E-state index contributed by atoms with van der Waals surface area (Å²) in [5.74, 6) is 0.948. The van der Waals surface area contributed by atoms with Crippen molar-refractivity contribution in [1.82, 2.24) is 0 Å². The molecule has 0 heterocycles. The van der Waals surface area contributed by atoms with Crippen LogP contribution in [0.4, 0.5) is 0 Å². The minimum Gasteiger partial charge on any atom is -0.494 e. The maximum Gasteiger partial charge on any atom is 0.119 e. The molecule has 1 rings (SSSR count). The van der Waals surface area contributed by atoms with Crippen LogP contribution in [0, 0.1) is 0 Å². The van der Waals surface area contributed by atoms with Crippen LogP contribution in [0.3, 0.4) is 0 Å². The first-order chi connectivity index (χ1) is 7.36. The van der Waals surface area contributed by atoms with E-state index in [1.165, 1.54) is 12.0 Å². The molecule has 0 unspecified atom stereocenters. The fourth-order valence-corrected chi connectivity index (χ4v) is 1.24. The molecule has 0 amide bonds. The first-order valence-electron chi connectivity index (χ1n) is 5.66. The lowest BCUT2D eigenvalue weighted by molar-refractivity contribution is 0.134. The van der Waals surface area contributed by atoms with Crippen LogP contribution < -0.4 is 4.74 Å². The van der Waals surface area contributed by atoms with Crippen LogP contribution >= 0.6 is 0 Å². The van der Waals surface area contributed by atoms with E-state index in [-0.39, 0.29) is 0 Å². The van der Waals surface area contributed by atoms with Crippen molar-refractivity contribution < 1.29 is 9.47 Å². The Kier molecular flexibility index (Phi) is 5.86. The molecular weight excluding hydrogens is 188 g/mol. The first-order valence-corrected chi connectivity index (χ1v) is 5.66. The molecule has 0 saturated heterocycles. The van der Waals surface area contributed by atoms with Crippen molar-refractivity contribution in [2.75, 3.05) is 13.2 Å². The van der Waals surface area contributed by atoms with Gasteiger partial charge in [-0.2, -0.15) is 0 Å². The van der Waals surface area contributed by atoms with E-state index in [1.54, 1.807) is 0 Å². The Morgan fingerprint density at radius 3 is 2.40 bits per heavy atom. The molecule has 0 fully saturated rings. The van der Waals surface area contributed by atoms with E-state index in [0.29, 0.717) is 6.61 Å². The highest BCUT2D eigenvalue weighted by Gasteiger charge is 1.95. The normalized spacial score (nSPS) is 10.3. The van der Waals surface area contributed by atoms with Crippen molar-refractivity contribution in [1.29, 1.82) is 0 Å². The van der Waals surface area contributed by atoms with Gasteiger partial charge in [-0.1, -0.05) is 25.5 Å². The van der Waals surface area contributed by atoms with E-state index < -0.39 is 0 Å². The Bertz CT molecular complexity index is 254. The molecule has 1 aromatic rings. The van der Waals surface area contributed by atoms with Crippen LogP contribution in [0.2, 0.25) is 0 Å². The highest BCUT2D eigenvalue weighted by molar-refractivity contribution is 5.26. The van der Waals surface area contributed by atoms with Crippen LogP contribution in [0.1, 0.15) is 32.3 Å². The van der Waals surface area contributed by atoms with Gasteiger partial charge >= 0.3 is 0 Å². The van der Waals surface area contributed by atoms with Crippen molar-refractivity contribution in [3.05, 3.63) is 29.8 Å². The molecule has 0 aromatic heterocycles. The predicted molar refractivity (Wildman–Crippen MR) is 62.2 cm³/mol. The van der Waals surface area contributed by atoms with Crippen LogP contribution in [0.25, 0.3) is 0 Å². The van der Waals surface area contributed by atoms with E-state index in [2.05, 4.69) is 19.1 Å². The predicted octanol–water partition coefficient (Wildman–Crippen LogP) is 3.40. The smallest absolute Gasteiger partial charge is 0.119 e. The largest absolute Gasteiger partial charge is 0.494 e. The average molecular weight is 208 g/mol. The Morgan fingerprint density at radius 2 is 1.80 bits per heavy atom. The Morgan fingerprint density at radius 1 is 1.07 bits per heavy atom. The summed E-state index contributed by atoms with van der Waals surface area (Å²) >= 11 is 0. The first kappa shape index (κ1) is 12.1. The standard InChI is InChI=1S/C13H20O2/c1-3-5-10-15-13-8-6-12(7-9-13)11-14-4-2/h6-9H,3-5,10-11H2,1-2H3. The van der Waals surface area contributed by atoms with Crippen LogP contribution in [-0.2, 0) is 11.3 Å². The Balaban J connectivity index is 2.35. The highest BCUT2D eigenvalue weighted by Crippen LogP contribution is 2.13. The van der Waals surface area contributed by atoms with Gasteiger partial charge in [0.25, 0.3) is 0 Å². The van der Waals surface area contributed by atoms with Crippen LogP contribution in [-0.4, -0.2) is 13.2 Å². The quantitative estimate of drug-likeness (QED) is 0.639. The van der Waals surface area contributed by atoms with E-state index in [9.17, 15) is 0 Å². The second-order valence-corrected chi connectivity index (χ2v) is 3.48. The Labute approximate surface area is 92.2 Å². The molecule has 2 heteroatoms. The molecule has 0 N–H and O–H groups in total. The minimum absolute atomic E-state index is 0.686. The zero-order valence-corrected chi connectivity index (χ0v) is 9.66. The van der Waals surface area contributed by atoms with Gasteiger partial charge in [0.15, 0.2) is 0 Å². The number of rotatable bonds is 7. The van der Waals surface area contributed by atoms with Crippen molar-refractivity contribution in [2.24, 2.45) is 0 Å². The maximum atomic E-state index is 5.57. The van der Waals surface area contributed by atoms with Gasteiger partial charge in [-0.3, -0.25) is 0 Å². The molecule has 2 nitrogen and oxygen atoms in total. The summed E-state index contributed by atoms with van der Waals surface area (Å²) in [4.78, 5) is 0. The number of hydrogen-bond donors (Lipinski definition) is 0. The molecule has 0 radical (unpaired) electrons. The van der Waals surface area contributed by atoms with E-state index in [4.69, 9.17) is 9.47 Å². The number of benzene rings is 1. The lowest BCUT2D eigenvalue weighted by atomic mass is 10.2. The van der Waals surface area contributed by atoms with Crippen LogP contribution in [0.5, 0.6) is 5.75 Å². The molecule has 0 saturated carbocycles. The van der Waals surface area contributed by atoms with Crippen molar-refractivity contribution >= 4 is 0 Å². The van der Waals surface area contributed by atoms with Gasteiger partial charge in [-0.25, -0.2) is 0 Å². The molecular formula is C13H20O2. The summed E-state index contributed by atoms with van der Waals surface area (Å²) in [5, 5.41) is 0. The third-order valence-corrected chi connectivity index (χ3v) is 2.16. The second kappa shape index (κ2) is 7.30. The van der Waals surface area contributed by atoms with E-state index in [1.807, 2.05) is 19.1 Å². The van der Waals surface area contributed by atoms with Crippen molar-refractivity contribution in [3.8, 4) is 5.75 Å². The van der Waals surface area contributed by atoms with E-state index in [0.717, 1.165) is 25.4 Å². The third-order valence-electron chi connectivity index (χ3n) is 2.16. The summed E-state index contributed by atoms with van der Waals surface area (Å²) in [6.07, 6.45) is 2.28. The summed E-state index contributed by atoms with van der Waals surface area (Å²) in [5.41, 5.74) is 1.19. The lowest BCUT2D eigenvalue weighted by Crippen LogP contribution is -1.97. The maximum absolute atomic E-state index is 5.57. The molecule has 0 spiro atoms. The monoisotopic (exact) mass is 208 g/mol. The van der Waals surface area contributed by atoms with Gasteiger partial charge in [0, 0.05) is 6.61 Å². The lowest BCUT2D eigenvalue weighted by Gasteiger charge is -2.06. The van der Waals surface area contributed by atoms with Gasteiger partial charge < -0.3 is 9.47 Å². The zero-order chi connectivity index (χ0) is 10.9. The molecule has 1 aromatic carbocycles. The number of hydrogen-bond acceptors (Lipinski definition) is 2. The fraction of sp³-hybridized carbons (Fsp3) is 0.538. The van der Waals surface area contributed by atoms with Crippen LogP contribution in [0.15, 0.2) is 24.3 Å². The topological polar surface area (TPSA) is 18.5 Å². The highest BCUT2D eigenvalue weighted by atomic mass is 16.5. The summed E-state index contributed by atoms with van der Waals surface area (Å²) in [7, 11) is 0. The van der Waals surface area contributed by atoms with Gasteiger partial charge in [0.1, 0.15) is 5.75 Å². The van der Waals surface area contributed by atoms with Crippen molar-refractivity contribution in [3.63, 3.8) is 0 Å². The molecule has 15 heavy (non-hydrogen) atoms. The minimum atomic E-state index is 0.686. The molecule has 0 aliphatic rings. The second-order valence-electron chi connectivity index (χ2n) is 3.48. The zero-order valence-electron chi connectivity index (χ0n) is 9.66. The summed E-state index contributed by atoms with van der Waals surface area (Å²) < 4.78 is 10.9. The fourth-order valence-electron chi connectivity index (χ4n) is 1.24.